The number of aromatic nitrogens is 1. The molecule has 1 amide bonds. The van der Waals surface area contributed by atoms with Gasteiger partial charge in [-0.3, -0.25) is 4.79 Å². The van der Waals surface area contributed by atoms with Gasteiger partial charge in [-0.05, 0) is 49.6 Å². The first kappa shape index (κ1) is 26.0. The first-order chi connectivity index (χ1) is 17.3. The Balaban J connectivity index is 1.47. The van der Waals surface area contributed by atoms with E-state index in [-0.39, 0.29) is 27.6 Å². The van der Waals surface area contributed by atoms with Crippen LogP contribution in [0.1, 0.15) is 29.3 Å². The SMILES string of the molecule is C[C@H](CCc1ccccc1)NC(=O)COC(=O)c1cc(-c2ccc(Cl)c(Cl)c2Cl)nc2ccccc12. The van der Waals surface area contributed by atoms with Crippen LogP contribution in [0.25, 0.3) is 22.2 Å². The van der Waals surface area contributed by atoms with E-state index in [1.54, 1.807) is 36.4 Å². The van der Waals surface area contributed by atoms with Crippen LogP contribution >= 0.6 is 34.8 Å². The molecule has 1 N–H and O–H groups in total. The van der Waals surface area contributed by atoms with Crippen molar-refractivity contribution >= 4 is 57.6 Å². The van der Waals surface area contributed by atoms with Gasteiger partial charge in [0.2, 0.25) is 0 Å². The largest absolute Gasteiger partial charge is 0.452 e. The first-order valence-electron chi connectivity index (χ1n) is 11.4. The molecule has 0 aliphatic rings. The number of benzene rings is 3. The standard InChI is InChI=1S/C28H23Cl3N2O3/c1-17(11-12-18-7-3-2-4-8-18)32-25(34)16-36-28(35)21-15-24(33-23-10-6-5-9-19(21)23)20-13-14-22(29)27(31)26(20)30/h2-10,13-15,17H,11-12,16H2,1H3,(H,32,34)/t17-/m1/s1. The van der Waals surface area contributed by atoms with Crippen molar-refractivity contribution < 1.29 is 14.3 Å². The molecule has 0 radical (unpaired) electrons. The van der Waals surface area contributed by atoms with Gasteiger partial charge in [-0.1, -0.05) is 83.3 Å². The predicted molar refractivity (Wildman–Crippen MR) is 145 cm³/mol. The number of hydrogen-bond acceptors (Lipinski definition) is 4. The summed E-state index contributed by atoms with van der Waals surface area (Å²) in [5.41, 5.74) is 3.00. The molecule has 1 atom stereocenters. The maximum Gasteiger partial charge on any atom is 0.339 e. The van der Waals surface area contributed by atoms with Crippen molar-refractivity contribution in [2.75, 3.05) is 6.61 Å². The molecule has 8 heteroatoms. The average molecular weight is 542 g/mol. The van der Waals surface area contributed by atoms with Crippen LogP contribution in [-0.2, 0) is 16.0 Å². The third kappa shape index (κ3) is 6.16. The Bertz CT molecular complexity index is 1410. The van der Waals surface area contributed by atoms with E-state index in [4.69, 9.17) is 39.5 Å². The van der Waals surface area contributed by atoms with Crippen molar-refractivity contribution in [3.63, 3.8) is 0 Å². The molecule has 5 nitrogen and oxygen atoms in total. The van der Waals surface area contributed by atoms with E-state index in [2.05, 4.69) is 22.4 Å². The molecule has 1 aromatic heterocycles. The molecule has 0 aliphatic carbocycles. The van der Waals surface area contributed by atoms with Gasteiger partial charge in [0.15, 0.2) is 6.61 Å². The Morgan fingerprint density at radius 2 is 1.67 bits per heavy atom. The minimum absolute atomic E-state index is 0.0680. The zero-order valence-corrected chi connectivity index (χ0v) is 21.7. The quantitative estimate of drug-likeness (QED) is 0.190. The topological polar surface area (TPSA) is 68.3 Å². The number of pyridine rings is 1. The molecule has 184 valence electrons. The van der Waals surface area contributed by atoms with Gasteiger partial charge in [0.1, 0.15) is 0 Å². The summed E-state index contributed by atoms with van der Waals surface area (Å²) in [6.45, 7) is 1.53. The molecule has 1 heterocycles. The van der Waals surface area contributed by atoms with E-state index in [0.717, 1.165) is 12.8 Å². The number of esters is 1. The fourth-order valence-corrected chi connectivity index (χ4v) is 4.46. The second-order valence-corrected chi connectivity index (χ2v) is 9.53. The van der Waals surface area contributed by atoms with E-state index in [0.29, 0.717) is 27.2 Å². The number of carbonyl (C=O) groups is 2. The summed E-state index contributed by atoms with van der Waals surface area (Å²) >= 11 is 18.7. The minimum Gasteiger partial charge on any atom is -0.452 e. The molecule has 36 heavy (non-hydrogen) atoms. The molecule has 0 bridgehead atoms. The average Bonchev–Trinajstić information content (AvgIpc) is 2.89. The number of nitrogens with zero attached hydrogens (tertiary/aromatic N) is 1. The Labute approximate surface area is 224 Å². The molecular formula is C28H23Cl3N2O3. The summed E-state index contributed by atoms with van der Waals surface area (Å²) in [7, 11) is 0. The summed E-state index contributed by atoms with van der Waals surface area (Å²) in [5, 5.41) is 4.22. The zero-order chi connectivity index (χ0) is 25.7. The highest BCUT2D eigenvalue weighted by molar-refractivity contribution is 6.49. The van der Waals surface area contributed by atoms with Crippen LogP contribution in [0.15, 0.2) is 72.8 Å². The van der Waals surface area contributed by atoms with Crippen LogP contribution in [0.4, 0.5) is 0 Å². The highest BCUT2D eigenvalue weighted by Crippen LogP contribution is 2.38. The molecule has 0 spiro atoms. The van der Waals surface area contributed by atoms with Gasteiger partial charge in [0.25, 0.3) is 5.91 Å². The van der Waals surface area contributed by atoms with Crippen LogP contribution in [0, 0.1) is 0 Å². The number of nitrogens with one attached hydrogen (secondary N) is 1. The van der Waals surface area contributed by atoms with Gasteiger partial charge >= 0.3 is 5.97 Å². The fraction of sp³-hybridized carbons (Fsp3) is 0.179. The van der Waals surface area contributed by atoms with Crippen molar-refractivity contribution in [3.05, 3.63) is 99.0 Å². The summed E-state index contributed by atoms with van der Waals surface area (Å²) in [6.07, 6.45) is 1.61. The maximum absolute atomic E-state index is 13.0. The lowest BCUT2D eigenvalue weighted by molar-refractivity contribution is -0.124. The molecule has 4 aromatic rings. The van der Waals surface area contributed by atoms with Gasteiger partial charge in [-0.15, -0.1) is 0 Å². The van der Waals surface area contributed by atoms with E-state index in [9.17, 15) is 9.59 Å². The van der Waals surface area contributed by atoms with E-state index < -0.39 is 12.6 Å². The highest BCUT2D eigenvalue weighted by Gasteiger charge is 2.19. The summed E-state index contributed by atoms with van der Waals surface area (Å²) in [5.74, 6) is -1.01. The molecule has 3 aromatic carbocycles. The van der Waals surface area contributed by atoms with Crippen LogP contribution < -0.4 is 5.32 Å². The Morgan fingerprint density at radius 3 is 2.44 bits per heavy atom. The van der Waals surface area contributed by atoms with E-state index in [1.807, 2.05) is 31.2 Å². The predicted octanol–water partition coefficient (Wildman–Crippen LogP) is 7.16. The third-order valence-corrected chi connectivity index (χ3v) is 6.99. The van der Waals surface area contributed by atoms with Crippen molar-refractivity contribution in [2.45, 2.75) is 25.8 Å². The number of para-hydroxylation sites is 1. The summed E-state index contributed by atoms with van der Waals surface area (Å²) < 4.78 is 5.37. The fourth-order valence-electron chi connectivity index (χ4n) is 3.83. The highest BCUT2D eigenvalue weighted by atomic mass is 35.5. The van der Waals surface area contributed by atoms with Crippen LogP contribution in [-0.4, -0.2) is 29.5 Å². The van der Waals surface area contributed by atoms with Gasteiger partial charge < -0.3 is 10.1 Å². The molecule has 0 saturated carbocycles. The Hall–Kier alpha value is -3.12. The number of rotatable bonds is 8. The van der Waals surface area contributed by atoms with Gasteiger partial charge in [-0.2, -0.15) is 0 Å². The summed E-state index contributed by atoms with van der Waals surface area (Å²) in [4.78, 5) is 30.1. The Morgan fingerprint density at radius 1 is 0.944 bits per heavy atom. The van der Waals surface area contributed by atoms with Crippen molar-refractivity contribution in [1.82, 2.24) is 10.3 Å². The van der Waals surface area contributed by atoms with E-state index >= 15 is 0 Å². The van der Waals surface area contributed by atoms with Crippen molar-refractivity contribution in [3.8, 4) is 11.3 Å². The van der Waals surface area contributed by atoms with Crippen LogP contribution in [0.5, 0.6) is 0 Å². The molecule has 0 fully saturated rings. The van der Waals surface area contributed by atoms with Crippen molar-refractivity contribution in [2.24, 2.45) is 0 Å². The lowest BCUT2D eigenvalue weighted by Gasteiger charge is -2.15. The number of fused-ring (bicyclic) bond motifs is 1. The minimum atomic E-state index is -0.641. The number of halogens is 3. The third-order valence-electron chi connectivity index (χ3n) is 5.70. The molecule has 4 rings (SSSR count). The smallest absolute Gasteiger partial charge is 0.339 e. The number of carbonyl (C=O) groups excluding carboxylic acids is 2. The second-order valence-electron chi connectivity index (χ2n) is 8.36. The Kier molecular flexibility index (Phi) is 8.47. The van der Waals surface area contributed by atoms with Gasteiger partial charge in [-0.25, -0.2) is 9.78 Å². The van der Waals surface area contributed by atoms with Gasteiger partial charge in [0.05, 0.1) is 31.8 Å². The van der Waals surface area contributed by atoms with Crippen LogP contribution in [0.2, 0.25) is 15.1 Å². The number of hydrogen-bond donors (Lipinski definition) is 1. The second kappa shape index (κ2) is 11.7. The normalized spacial score (nSPS) is 11.8. The molecule has 0 aliphatic heterocycles. The monoisotopic (exact) mass is 540 g/mol. The lowest BCUT2D eigenvalue weighted by Crippen LogP contribution is -2.36. The molecule has 0 saturated heterocycles. The van der Waals surface area contributed by atoms with Crippen molar-refractivity contribution in [1.29, 1.82) is 0 Å². The zero-order valence-electron chi connectivity index (χ0n) is 19.4. The molecule has 0 unspecified atom stereocenters. The maximum atomic E-state index is 13.0. The van der Waals surface area contributed by atoms with Crippen LogP contribution in [0.3, 0.4) is 0 Å². The lowest BCUT2D eigenvalue weighted by atomic mass is 10.0. The number of aryl methyl sites for hydroxylation is 1. The first-order valence-corrected chi connectivity index (χ1v) is 12.5. The molecular weight excluding hydrogens is 519 g/mol. The van der Waals surface area contributed by atoms with Gasteiger partial charge in [0, 0.05) is 17.0 Å². The van der Waals surface area contributed by atoms with E-state index in [1.165, 1.54) is 5.56 Å². The number of amides is 1. The summed E-state index contributed by atoms with van der Waals surface area (Å²) in [6, 6.07) is 22.0. The number of ether oxygens (including phenoxy) is 1.